The van der Waals surface area contributed by atoms with Crippen molar-refractivity contribution in [1.82, 2.24) is 9.78 Å². The van der Waals surface area contributed by atoms with Gasteiger partial charge in [-0.2, -0.15) is 5.10 Å². The minimum atomic E-state index is 0.341. The van der Waals surface area contributed by atoms with Gasteiger partial charge in [0, 0.05) is 11.2 Å². The first-order valence-corrected chi connectivity index (χ1v) is 5.26. The Kier molecular flexibility index (Phi) is 3.23. The summed E-state index contributed by atoms with van der Waals surface area (Å²) in [6.45, 7) is 7.80. The van der Waals surface area contributed by atoms with E-state index in [4.69, 9.17) is 18.2 Å². The van der Waals surface area contributed by atoms with E-state index in [9.17, 15) is 0 Å². The molecule has 1 aromatic heterocycles. The van der Waals surface area contributed by atoms with E-state index in [0.717, 1.165) is 16.3 Å². The van der Waals surface area contributed by atoms with Crippen LogP contribution >= 0.6 is 11.6 Å². The molecule has 0 saturated carbocycles. The Bertz CT molecular complexity index is 508. The van der Waals surface area contributed by atoms with Gasteiger partial charge in [-0.3, -0.25) is 4.68 Å². The largest absolute Gasteiger partial charge is 0.310 e. The van der Waals surface area contributed by atoms with Gasteiger partial charge in [0.1, 0.15) is 5.69 Å². The molecule has 0 unspecified atom stereocenters. The summed E-state index contributed by atoms with van der Waals surface area (Å²) in [5.74, 6) is 0. The first-order valence-electron chi connectivity index (χ1n) is 4.88. The number of aromatic nitrogens is 2. The normalized spacial score (nSPS) is 10.0. The maximum Gasteiger partial charge on any atom is 0.258 e. The standard InChI is InChI=1S/C12H10ClN3/c1-14-8-12-6-7-16(15-12)9-10-2-4-11(13)5-3-10/h2-7H,8-9H2. The number of hydrogen-bond donors (Lipinski definition) is 0. The summed E-state index contributed by atoms with van der Waals surface area (Å²) in [6.07, 6.45) is 1.88. The van der Waals surface area contributed by atoms with Crippen LogP contribution in [0, 0.1) is 6.57 Å². The van der Waals surface area contributed by atoms with Crippen LogP contribution < -0.4 is 0 Å². The zero-order chi connectivity index (χ0) is 11.4. The second kappa shape index (κ2) is 4.82. The number of halogens is 1. The highest BCUT2D eigenvalue weighted by Crippen LogP contribution is 2.10. The zero-order valence-corrected chi connectivity index (χ0v) is 9.35. The van der Waals surface area contributed by atoms with Crippen molar-refractivity contribution in [3.8, 4) is 0 Å². The molecule has 1 aromatic carbocycles. The molecule has 0 fully saturated rings. The van der Waals surface area contributed by atoms with Gasteiger partial charge in [0.15, 0.2) is 0 Å². The fourth-order valence-corrected chi connectivity index (χ4v) is 1.56. The first-order chi connectivity index (χ1) is 7.78. The van der Waals surface area contributed by atoms with Crippen LogP contribution in [0.3, 0.4) is 0 Å². The van der Waals surface area contributed by atoms with Gasteiger partial charge < -0.3 is 4.85 Å². The molecular weight excluding hydrogens is 222 g/mol. The molecule has 1 heterocycles. The van der Waals surface area contributed by atoms with Gasteiger partial charge in [0.2, 0.25) is 0 Å². The number of nitrogens with zero attached hydrogens (tertiary/aromatic N) is 3. The number of rotatable bonds is 3. The Morgan fingerprint density at radius 2 is 2.00 bits per heavy atom. The van der Waals surface area contributed by atoms with Gasteiger partial charge in [0.25, 0.3) is 6.54 Å². The molecule has 16 heavy (non-hydrogen) atoms. The van der Waals surface area contributed by atoms with Crippen molar-refractivity contribution >= 4 is 11.6 Å². The van der Waals surface area contributed by atoms with Crippen LogP contribution in [-0.4, -0.2) is 9.78 Å². The number of hydrogen-bond acceptors (Lipinski definition) is 1. The highest BCUT2D eigenvalue weighted by atomic mass is 35.5. The molecule has 3 nitrogen and oxygen atoms in total. The molecule has 0 aliphatic carbocycles. The summed E-state index contributed by atoms with van der Waals surface area (Å²) in [5.41, 5.74) is 1.95. The third-order valence-corrected chi connectivity index (χ3v) is 2.45. The van der Waals surface area contributed by atoms with E-state index in [1.165, 1.54) is 0 Å². The lowest BCUT2D eigenvalue weighted by Crippen LogP contribution is -2.00. The van der Waals surface area contributed by atoms with Crippen molar-refractivity contribution < 1.29 is 0 Å². The van der Waals surface area contributed by atoms with Gasteiger partial charge >= 0.3 is 0 Å². The molecule has 0 saturated heterocycles. The van der Waals surface area contributed by atoms with Gasteiger partial charge in [-0.05, 0) is 23.8 Å². The van der Waals surface area contributed by atoms with E-state index < -0.39 is 0 Å². The molecule has 0 bridgehead atoms. The van der Waals surface area contributed by atoms with E-state index >= 15 is 0 Å². The van der Waals surface area contributed by atoms with Crippen LogP contribution in [0.1, 0.15) is 11.3 Å². The molecule has 2 aromatic rings. The summed E-state index contributed by atoms with van der Waals surface area (Å²) in [6, 6.07) is 9.53. The topological polar surface area (TPSA) is 22.2 Å². The number of benzene rings is 1. The lowest BCUT2D eigenvalue weighted by Gasteiger charge is -2.01. The van der Waals surface area contributed by atoms with Crippen LogP contribution in [0.5, 0.6) is 0 Å². The second-order valence-electron chi connectivity index (χ2n) is 3.45. The average molecular weight is 232 g/mol. The van der Waals surface area contributed by atoms with Crippen LogP contribution in [0.2, 0.25) is 5.02 Å². The molecule has 2 rings (SSSR count). The Hall–Kier alpha value is -1.79. The van der Waals surface area contributed by atoms with Crippen molar-refractivity contribution in [2.24, 2.45) is 0 Å². The first kappa shape index (κ1) is 10.7. The van der Waals surface area contributed by atoms with Crippen LogP contribution in [-0.2, 0) is 13.1 Å². The van der Waals surface area contributed by atoms with Gasteiger partial charge in [-0.25, -0.2) is 6.57 Å². The van der Waals surface area contributed by atoms with Gasteiger partial charge in [-0.15, -0.1) is 0 Å². The van der Waals surface area contributed by atoms with E-state index in [1.807, 2.05) is 41.2 Å². The van der Waals surface area contributed by atoms with E-state index in [1.54, 1.807) is 0 Å². The van der Waals surface area contributed by atoms with Gasteiger partial charge in [0.05, 0.1) is 6.54 Å². The minimum absolute atomic E-state index is 0.341. The van der Waals surface area contributed by atoms with Crippen molar-refractivity contribution in [3.63, 3.8) is 0 Å². The van der Waals surface area contributed by atoms with Crippen LogP contribution in [0.4, 0.5) is 0 Å². The van der Waals surface area contributed by atoms with Crippen LogP contribution in [0.25, 0.3) is 4.85 Å². The predicted octanol–water partition coefficient (Wildman–Crippen LogP) is 3.00. The smallest absolute Gasteiger partial charge is 0.258 e. The van der Waals surface area contributed by atoms with E-state index in [2.05, 4.69) is 9.94 Å². The minimum Gasteiger partial charge on any atom is -0.310 e. The molecule has 0 atom stereocenters. The molecule has 0 N–H and O–H groups in total. The fourth-order valence-electron chi connectivity index (χ4n) is 1.43. The Labute approximate surface area is 99.1 Å². The fraction of sp³-hybridized carbons (Fsp3) is 0.167. The lowest BCUT2D eigenvalue weighted by molar-refractivity contribution is 0.676. The van der Waals surface area contributed by atoms with Crippen LogP contribution in [0.15, 0.2) is 36.5 Å². The van der Waals surface area contributed by atoms with Gasteiger partial charge in [-0.1, -0.05) is 23.7 Å². The molecule has 4 heteroatoms. The maximum atomic E-state index is 6.76. The molecule has 0 aliphatic rings. The van der Waals surface area contributed by atoms with Crippen molar-refractivity contribution in [1.29, 1.82) is 0 Å². The molecule has 0 amide bonds. The quantitative estimate of drug-likeness (QED) is 0.745. The third-order valence-electron chi connectivity index (χ3n) is 2.19. The molecule has 0 aliphatic heterocycles. The zero-order valence-electron chi connectivity index (χ0n) is 8.60. The highest BCUT2D eigenvalue weighted by Gasteiger charge is 2.01. The molecular formula is C12H10ClN3. The van der Waals surface area contributed by atoms with Crippen molar-refractivity contribution in [3.05, 3.63) is 64.2 Å². The molecule has 80 valence electrons. The Morgan fingerprint density at radius 3 is 2.69 bits per heavy atom. The van der Waals surface area contributed by atoms with E-state index in [0.29, 0.717) is 13.1 Å². The lowest BCUT2D eigenvalue weighted by atomic mass is 10.2. The SMILES string of the molecule is [C-]#[N+]Cc1ccn(Cc2ccc(Cl)cc2)n1. The van der Waals surface area contributed by atoms with Crippen molar-refractivity contribution in [2.45, 2.75) is 13.1 Å². The third kappa shape index (κ3) is 2.62. The summed E-state index contributed by atoms with van der Waals surface area (Å²) in [7, 11) is 0. The monoisotopic (exact) mass is 231 g/mol. The summed E-state index contributed by atoms with van der Waals surface area (Å²) in [4.78, 5) is 3.29. The van der Waals surface area contributed by atoms with Crippen molar-refractivity contribution in [2.75, 3.05) is 0 Å². The Balaban J connectivity index is 2.09. The highest BCUT2D eigenvalue weighted by molar-refractivity contribution is 6.30. The molecule has 0 radical (unpaired) electrons. The maximum absolute atomic E-state index is 6.76. The summed E-state index contributed by atoms with van der Waals surface area (Å²) >= 11 is 5.80. The summed E-state index contributed by atoms with van der Waals surface area (Å²) < 4.78 is 1.82. The summed E-state index contributed by atoms with van der Waals surface area (Å²) in [5, 5.41) is 5.02. The Morgan fingerprint density at radius 1 is 1.25 bits per heavy atom. The van der Waals surface area contributed by atoms with E-state index in [-0.39, 0.29) is 0 Å². The molecule has 0 spiro atoms. The second-order valence-corrected chi connectivity index (χ2v) is 3.88. The predicted molar refractivity (Wildman–Crippen MR) is 63.1 cm³/mol. The average Bonchev–Trinajstić information content (AvgIpc) is 2.70.